The molecular formula is C16H20N2O3S. The van der Waals surface area contributed by atoms with Crippen LogP contribution in [0.4, 0.5) is 0 Å². The fraction of sp³-hybridized carbons (Fsp3) is 0.438. The summed E-state index contributed by atoms with van der Waals surface area (Å²) < 4.78 is 5.28. The molecule has 2 heterocycles. The van der Waals surface area contributed by atoms with Crippen molar-refractivity contribution in [3.63, 3.8) is 0 Å². The average Bonchev–Trinajstić information content (AvgIpc) is 3.01. The number of fused-ring (bicyclic) bond motifs is 1. The van der Waals surface area contributed by atoms with Gasteiger partial charge in [0.05, 0.1) is 23.0 Å². The zero-order valence-corrected chi connectivity index (χ0v) is 13.5. The summed E-state index contributed by atoms with van der Waals surface area (Å²) in [6.07, 6.45) is 6.06. The van der Waals surface area contributed by atoms with Crippen molar-refractivity contribution in [3.8, 4) is 10.4 Å². The highest BCUT2D eigenvalue weighted by Gasteiger charge is 2.33. The predicted molar refractivity (Wildman–Crippen MR) is 85.8 cm³/mol. The first kappa shape index (κ1) is 15.3. The summed E-state index contributed by atoms with van der Waals surface area (Å²) in [6.45, 7) is 4.83. The molecule has 0 aliphatic heterocycles. The number of hydrogen-bond donors (Lipinski definition) is 3. The quantitative estimate of drug-likeness (QED) is 0.595. The van der Waals surface area contributed by atoms with E-state index in [9.17, 15) is 9.90 Å². The van der Waals surface area contributed by atoms with Gasteiger partial charge in [0, 0.05) is 22.5 Å². The topological polar surface area (TPSA) is 88.5 Å². The van der Waals surface area contributed by atoms with Crippen molar-refractivity contribution in [1.82, 2.24) is 5.43 Å². The van der Waals surface area contributed by atoms with Gasteiger partial charge in [-0.2, -0.15) is 0 Å². The number of hydrazine groups is 1. The number of hydrogen-bond acceptors (Lipinski definition) is 5. The molecule has 0 amide bonds. The van der Waals surface area contributed by atoms with E-state index >= 15 is 0 Å². The molecule has 1 aliphatic carbocycles. The molecule has 0 saturated carbocycles. The fourth-order valence-corrected chi connectivity index (χ4v) is 4.46. The number of furan rings is 1. The van der Waals surface area contributed by atoms with Gasteiger partial charge in [0.2, 0.25) is 0 Å². The van der Waals surface area contributed by atoms with Crippen molar-refractivity contribution >= 4 is 17.3 Å². The molecule has 0 bridgehead atoms. The van der Waals surface area contributed by atoms with E-state index in [2.05, 4.69) is 19.3 Å². The summed E-state index contributed by atoms with van der Waals surface area (Å²) in [5, 5.41) is 9.74. The molecule has 1 aliphatic rings. The summed E-state index contributed by atoms with van der Waals surface area (Å²) in [6, 6.07) is 0. The molecule has 2 aromatic heterocycles. The van der Waals surface area contributed by atoms with E-state index < -0.39 is 5.97 Å². The summed E-state index contributed by atoms with van der Waals surface area (Å²) in [4.78, 5) is 13.8. The minimum Gasteiger partial charge on any atom is -0.478 e. The number of carboxylic acid groups (broad SMARTS) is 1. The smallest absolute Gasteiger partial charge is 0.337 e. The fourth-order valence-electron chi connectivity index (χ4n) is 3.11. The molecule has 0 aromatic carbocycles. The highest BCUT2D eigenvalue weighted by Crippen LogP contribution is 2.45. The highest BCUT2D eigenvalue weighted by atomic mass is 32.1. The molecule has 0 atom stereocenters. The molecule has 0 spiro atoms. The number of thiophene rings is 1. The van der Waals surface area contributed by atoms with Crippen LogP contribution in [0.2, 0.25) is 0 Å². The van der Waals surface area contributed by atoms with Crippen molar-refractivity contribution in [2.24, 2.45) is 11.3 Å². The summed E-state index contributed by atoms with van der Waals surface area (Å²) >= 11 is 1.58. The molecular weight excluding hydrogens is 300 g/mol. The summed E-state index contributed by atoms with van der Waals surface area (Å²) in [5.41, 5.74) is 5.89. The number of aromatic carboxylic acids is 1. The Kier molecular flexibility index (Phi) is 3.84. The largest absolute Gasteiger partial charge is 0.478 e. The molecule has 3 rings (SSSR count). The lowest BCUT2D eigenvalue weighted by atomic mass is 9.76. The van der Waals surface area contributed by atoms with Gasteiger partial charge < -0.3 is 9.52 Å². The number of nitrogens with two attached hydrogens (primary N) is 1. The van der Waals surface area contributed by atoms with Gasteiger partial charge in [0.1, 0.15) is 0 Å². The Balaban J connectivity index is 2.15. The van der Waals surface area contributed by atoms with Gasteiger partial charge >= 0.3 is 5.97 Å². The van der Waals surface area contributed by atoms with E-state index in [1.54, 1.807) is 23.9 Å². The van der Waals surface area contributed by atoms with Crippen LogP contribution in [0.3, 0.4) is 0 Å². The van der Waals surface area contributed by atoms with Crippen LogP contribution in [0.5, 0.6) is 0 Å². The van der Waals surface area contributed by atoms with Crippen LogP contribution in [0.1, 0.15) is 46.6 Å². The lowest BCUT2D eigenvalue weighted by Crippen LogP contribution is -2.22. The second kappa shape index (κ2) is 5.53. The maximum Gasteiger partial charge on any atom is 0.337 e. The number of aryl methyl sites for hydroxylation is 1. The van der Waals surface area contributed by atoms with E-state index in [-0.39, 0.29) is 5.41 Å². The molecule has 0 radical (unpaired) electrons. The van der Waals surface area contributed by atoms with Crippen LogP contribution < -0.4 is 11.3 Å². The molecule has 4 N–H and O–H groups in total. The standard InChI is InChI=1S/C16H20N2O3S/c1-16(2)4-3-12-10(5-16)13(15(19)20)14(22-12)11-8-21-7-9(11)6-18-17/h7-8,18H,3-6,17H2,1-2H3,(H,19,20). The molecule has 2 aromatic rings. The number of carbonyl (C=O) groups is 1. The number of carboxylic acids is 1. The SMILES string of the molecule is CC1(C)CCc2sc(-c3cocc3CNN)c(C(=O)O)c2C1. The van der Waals surface area contributed by atoms with Gasteiger partial charge in [-0.3, -0.25) is 11.3 Å². The van der Waals surface area contributed by atoms with Crippen molar-refractivity contribution in [1.29, 1.82) is 0 Å². The van der Waals surface area contributed by atoms with Crippen molar-refractivity contribution in [3.05, 3.63) is 34.1 Å². The highest BCUT2D eigenvalue weighted by molar-refractivity contribution is 7.16. The van der Waals surface area contributed by atoms with Crippen molar-refractivity contribution in [2.75, 3.05) is 0 Å². The van der Waals surface area contributed by atoms with E-state index in [0.29, 0.717) is 12.1 Å². The van der Waals surface area contributed by atoms with Crippen molar-refractivity contribution < 1.29 is 14.3 Å². The lowest BCUT2D eigenvalue weighted by Gasteiger charge is -2.29. The van der Waals surface area contributed by atoms with Gasteiger partial charge in [0.25, 0.3) is 0 Å². The maximum absolute atomic E-state index is 11.9. The van der Waals surface area contributed by atoms with Crippen LogP contribution in [0, 0.1) is 5.41 Å². The van der Waals surface area contributed by atoms with Gasteiger partial charge in [-0.15, -0.1) is 11.3 Å². The Morgan fingerprint density at radius 1 is 1.50 bits per heavy atom. The van der Waals surface area contributed by atoms with Gasteiger partial charge in [-0.05, 0) is 30.2 Å². The van der Waals surface area contributed by atoms with E-state index in [1.165, 1.54) is 4.88 Å². The summed E-state index contributed by atoms with van der Waals surface area (Å²) in [5.74, 6) is 4.53. The van der Waals surface area contributed by atoms with Gasteiger partial charge in [0.15, 0.2) is 0 Å². The Morgan fingerprint density at radius 2 is 2.27 bits per heavy atom. The maximum atomic E-state index is 11.9. The normalized spacial score (nSPS) is 16.5. The van der Waals surface area contributed by atoms with Gasteiger partial charge in [-0.25, -0.2) is 4.79 Å². The minimum atomic E-state index is -0.863. The average molecular weight is 320 g/mol. The first-order valence-corrected chi connectivity index (χ1v) is 8.11. The summed E-state index contributed by atoms with van der Waals surface area (Å²) in [7, 11) is 0. The lowest BCUT2D eigenvalue weighted by molar-refractivity contribution is 0.0696. The van der Waals surface area contributed by atoms with E-state index in [1.807, 2.05) is 0 Å². The van der Waals surface area contributed by atoms with E-state index in [4.69, 9.17) is 10.3 Å². The number of rotatable bonds is 4. The predicted octanol–water partition coefficient (Wildman–Crippen LogP) is 3.18. The number of nitrogens with one attached hydrogen (secondary N) is 1. The Bertz CT molecular complexity index is 715. The minimum absolute atomic E-state index is 0.146. The van der Waals surface area contributed by atoms with Crippen LogP contribution in [-0.4, -0.2) is 11.1 Å². The molecule has 0 saturated heterocycles. The second-order valence-electron chi connectivity index (χ2n) is 6.55. The molecule has 0 unspecified atom stereocenters. The zero-order valence-electron chi connectivity index (χ0n) is 12.7. The van der Waals surface area contributed by atoms with Crippen LogP contribution >= 0.6 is 11.3 Å². The third-order valence-electron chi connectivity index (χ3n) is 4.27. The van der Waals surface area contributed by atoms with Crippen molar-refractivity contribution in [2.45, 2.75) is 39.7 Å². The third kappa shape index (κ3) is 2.58. The first-order valence-electron chi connectivity index (χ1n) is 7.29. The van der Waals surface area contributed by atoms with Crippen LogP contribution in [0.25, 0.3) is 10.4 Å². The Hall–Kier alpha value is -1.63. The first-order chi connectivity index (χ1) is 10.4. The van der Waals surface area contributed by atoms with Crippen LogP contribution in [-0.2, 0) is 19.4 Å². The Labute approximate surface area is 133 Å². The third-order valence-corrected chi connectivity index (χ3v) is 5.59. The van der Waals surface area contributed by atoms with E-state index in [0.717, 1.165) is 40.8 Å². The monoisotopic (exact) mass is 320 g/mol. The van der Waals surface area contributed by atoms with Crippen LogP contribution in [0.15, 0.2) is 16.9 Å². The Morgan fingerprint density at radius 3 is 2.95 bits per heavy atom. The zero-order chi connectivity index (χ0) is 15.9. The molecule has 5 nitrogen and oxygen atoms in total. The molecule has 22 heavy (non-hydrogen) atoms. The second-order valence-corrected chi connectivity index (χ2v) is 7.65. The molecule has 0 fully saturated rings. The molecule has 118 valence electrons. The van der Waals surface area contributed by atoms with Gasteiger partial charge in [-0.1, -0.05) is 13.8 Å². The molecule has 6 heteroatoms.